The number of amides is 1. The smallest absolute Gasteiger partial charge is 0.291 e. The van der Waals surface area contributed by atoms with Crippen LogP contribution in [0.3, 0.4) is 0 Å². The lowest BCUT2D eigenvalue weighted by Gasteiger charge is -2.42. The van der Waals surface area contributed by atoms with Crippen LogP contribution in [0, 0.1) is 19.7 Å². The molecule has 9 nitrogen and oxygen atoms in total. The van der Waals surface area contributed by atoms with E-state index in [4.69, 9.17) is 0 Å². The summed E-state index contributed by atoms with van der Waals surface area (Å²) in [5.74, 6) is -1.02. The summed E-state index contributed by atoms with van der Waals surface area (Å²) in [7, 11) is 0. The molecular weight excluding hydrogens is 399 g/mol. The molecule has 1 aliphatic rings. The van der Waals surface area contributed by atoms with Crippen LogP contribution in [-0.4, -0.2) is 65.2 Å². The summed E-state index contributed by atoms with van der Waals surface area (Å²) in [4.78, 5) is 23.3. The lowest BCUT2D eigenvalue weighted by atomic mass is 10.1. The highest BCUT2D eigenvalue weighted by atomic mass is 19.1. The molecular formula is C21H23FN8O. The summed E-state index contributed by atoms with van der Waals surface area (Å²) < 4.78 is 17.8. The Kier molecular flexibility index (Phi) is 4.47. The van der Waals surface area contributed by atoms with Crippen molar-refractivity contribution in [2.45, 2.75) is 39.8 Å². The van der Waals surface area contributed by atoms with Crippen LogP contribution in [0.25, 0.3) is 22.6 Å². The van der Waals surface area contributed by atoms with E-state index in [9.17, 15) is 9.18 Å². The minimum atomic E-state index is -0.569. The zero-order valence-electron chi connectivity index (χ0n) is 17.8. The predicted octanol–water partition coefficient (Wildman–Crippen LogP) is 2.02. The van der Waals surface area contributed by atoms with Crippen LogP contribution in [0.1, 0.15) is 35.7 Å². The highest BCUT2D eigenvalue weighted by molar-refractivity contribution is 5.91. The zero-order valence-corrected chi connectivity index (χ0v) is 17.8. The van der Waals surface area contributed by atoms with Gasteiger partial charge in [-0.3, -0.25) is 9.69 Å². The SMILES string of the molecule is Cc1cn2nc(-c3cc(F)c4nc(C(=O)NC5CN(C(C)C)C5)nn4c3)cc(C)c2n1. The molecule has 4 aromatic heterocycles. The molecule has 0 aromatic carbocycles. The molecule has 4 aromatic rings. The van der Waals surface area contributed by atoms with Crippen LogP contribution in [0.5, 0.6) is 0 Å². The number of hydrogen-bond donors (Lipinski definition) is 1. The van der Waals surface area contributed by atoms with Crippen molar-refractivity contribution >= 4 is 17.2 Å². The number of carbonyl (C=O) groups excluding carboxylic acids is 1. The molecule has 0 bridgehead atoms. The van der Waals surface area contributed by atoms with E-state index in [2.05, 4.69) is 44.2 Å². The average Bonchev–Trinajstić information content (AvgIpc) is 3.27. The largest absolute Gasteiger partial charge is 0.344 e. The molecule has 0 saturated carbocycles. The van der Waals surface area contributed by atoms with Crippen molar-refractivity contribution in [2.75, 3.05) is 13.1 Å². The lowest BCUT2D eigenvalue weighted by molar-refractivity contribution is 0.0706. The van der Waals surface area contributed by atoms with E-state index < -0.39 is 11.7 Å². The van der Waals surface area contributed by atoms with Crippen molar-refractivity contribution in [3.8, 4) is 11.3 Å². The monoisotopic (exact) mass is 422 g/mol. The molecule has 1 aliphatic heterocycles. The summed E-state index contributed by atoms with van der Waals surface area (Å²) in [6, 6.07) is 3.70. The number of imidazole rings is 1. The summed E-state index contributed by atoms with van der Waals surface area (Å²) in [6.45, 7) is 9.63. The van der Waals surface area contributed by atoms with Crippen LogP contribution < -0.4 is 5.32 Å². The number of nitrogens with zero attached hydrogens (tertiary/aromatic N) is 7. The van der Waals surface area contributed by atoms with E-state index in [-0.39, 0.29) is 17.5 Å². The van der Waals surface area contributed by atoms with Gasteiger partial charge < -0.3 is 5.32 Å². The van der Waals surface area contributed by atoms with Gasteiger partial charge in [-0.2, -0.15) is 10.1 Å². The second-order valence-corrected chi connectivity index (χ2v) is 8.36. The van der Waals surface area contributed by atoms with Crippen LogP contribution in [0.2, 0.25) is 0 Å². The minimum Gasteiger partial charge on any atom is -0.344 e. The van der Waals surface area contributed by atoms with Crippen molar-refractivity contribution in [1.29, 1.82) is 0 Å². The van der Waals surface area contributed by atoms with E-state index in [1.165, 1.54) is 10.6 Å². The third kappa shape index (κ3) is 3.42. The van der Waals surface area contributed by atoms with Gasteiger partial charge in [0.25, 0.3) is 5.91 Å². The molecule has 1 saturated heterocycles. The number of nitrogens with one attached hydrogen (secondary N) is 1. The topological polar surface area (TPSA) is 92.7 Å². The van der Waals surface area contributed by atoms with Crippen molar-refractivity contribution in [3.63, 3.8) is 0 Å². The normalized spacial score (nSPS) is 15.2. The third-order valence-electron chi connectivity index (χ3n) is 5.59. The van der Waals surface area contributed by atoms with Gasteiger partial charge in [0.05, 0.1) is 23.6 Å². The summed E-state index contributed by atoms with van der Waals surface area (Å²) in [5.41, 5.74) is 3.65. The van der Waals surface area contributed by atoms with Crippen molar-refractivity contribution in [3.05, 3.63) is 47.4 Å². The number of fused-ring (bicyclic) bond motifs is 2. The Balaban J connectivity index is 1.44. The van der Waals surface area contributed by atoms with E-state index >= 15 is 0 Å². The zero-order chi connectivity index (χ0) is 21.9. The van der Waals surface area contributed by atoms with E-state index in [0.29, 0.717) is 17.3 Å². The summed E-state index contributed by atoms with van der Waals surface area (Å²) in [5, 5.41) is 11.7. The molecule has 0 unspecified atom stereocenters. The molecule has 0 atom stereocenters. The number of hydrogen-bond acceptors (Lipinski definition) is 6. The maximum absolute atomic E-state index is 14.8. The minimum absolute atomic E-state index is 0.00240. The highest BCUT2D eigenvalue weighted by Crippen LogP contribution is 2.23. The Bertz CT molecular complexity index is 1320. The fourth-order valence-electron chi connectivity index (χ4n) is 3.84. The van der Waals surface area contributed by atoms with E-state index in [1.54, 1.807) is 10.7 Å². The molecule has 160 valence electrons. The molecule has 1 amide bonds. The Morgan fingerprint density at radius 1 is 1.10 bits per heavy atom. The number of likely N-dealkylation sites (tertiary alicyclic amines) is 1. The van der Waals surface area contributed by atoms with E-state index in [0.717, 1.165) is 30.0 Å². The molecule has 0 spiro atoms. The maximum Gasteiger partial charge on any atom is 0.291 e. The maximum atomic E-state index is 14.8. The number of aryl methyl sites for hydroxylation is 2. The first-order valence-corrected chi connectivity index (χ1v) is 10.2. The Hall–Kier alpha value is -3.40. The van der Waals surface area contributed by atoms with Gasteiger partial charge in [0.1, 0.15) is 0 Å². The van der Waals surface area contributed by atoms with Gasteiger partial charge in [0.2, 0.25) is 5.82 Å². The Morgan fingerprint density at radius 3 is 2.58 bits per heavy atom. The predicted molar refractivity (Wildman–Crippen MR) is 112 cm³/mol. The Labute approximate surface area is 177 Å². The standard InChI is InChI=1S/C21H23FN8O/c1-11(2)28-9-15(10-28)24-21(31)18-25-20-16(22)6-14(8-30(20)27-18)17-5-12(3)19-23-13(4)7-29(19)26-17/h5-8,11,15H,9-10H2,1-4H3,(H,24,31). The summed E-state index contributed by atoms with van der Waals surface area (Å²) in [6.07, 6.45) is 3.45. The fourth-order valence-corrected chi connectivity index (χ4v) is 3.84. The van der Waals surface area contributed by atoms with Gasteiger partial charge in [0.15, 0.2) is 17.1 Å². The fraction of sp³-hybridized carbons (Fsp3) is 0.381. The first kappa shape index (κ1) is 19.6. The first-order valence-electron chi connectivity index (χ1n) is 10.2. The number of carbonyl (C=O) groups is 1. The second-order valence-electron chi connectivity index (χ2n) is 8.36. The van der Waals surface area contributed by atoms with Crippen LogP contribution in [0.15, 0.2) is 24.5 Å². The molecule has 0 radical (unpaired) electrons. The summed E-state index contributed by atoms with van der Waals surface area (Å²) >= 11 is 0. The van der Waals surface area contributed by atoms with Crippen LogP contribution in [0.4, 0.5) is 4.39 Å². The van der Waals surface area contributed by atoms with Gasteiger partial charge in [-0.05, 0) is 45.4 Å². The number of halogens is 1. The molecule has 10 heteroatoms. The van der Waals surface area contributed by atoms with Crippen molar-refractivity contribution in [2.24, 2.45) is 0 Å². The number of pyridine rings is 1. The van der Waals surface area contributed by atoms with Crippen molar-refractivity contribution in [1.82, 2.24) is 39.4 Å². The average molecular weight is 422 g/mol. The molecule has 5 rings (SSSR count). The van der Waals surface area contributed by atoms with Gasteiger partial charge in [-0.25, -0.2) is 18.4 Å². The van der Waals surface area contributed by atoms with Crippen molar-refractivity contribution < 1.29 is 9.18 Å². The lowest BCUT2D eigenvalue weighted by Crippen LogP contribution is -2.61. The molecule has 5 heterocycles. The second kappa shape index (κ2) is 7.09. The Morgan fingerprint density at radius 2 is 1.84 bits per heavy atom. The number of aromatic nitrogens is 6. The highest BCUT2D eigenvalue weighted by Gasteiger charge is 2.30. The quantitative estimate of drug-likeness (QED) is 0.541. The molecule has 1 N–H and O–H groups in total. The number of rotatable bonds is 4. The van der Waals surface area contributed by atoms with Crippen LogP contribution in [-0.2, 0) is 0 Å². The molecule has 1 fully saturated rings. The third-order valence-corrected chi connectivity index (χ3v) is 5.59. The van der Waals surface area contributed by atoms with Gasteiger partial charge in [-0.1, -0.05) is 0 Å². The van der Waals surface area contributed by atoms with E-state index in [1.807, 2.05) is 26.1 Å². The molecule has 31 heavy (non-hydrogen) atoms. The first-order chi connectivity index (χ1) is 14.8. The van der Waals surface area contributed by atoms with Crippen LogP contribution >= 0.6 is 0 Å². The van der Waals surface area contributed by atoms with Gasteiger partial charge in [-0.15, -0.1) is 5.10 Å². The molecule has 0 aliphatic carbocycles. The van der Waals surface area contributed by atoms with Gasteiger partial charge in [0, 0.05) is 30.9 Å². The van der Waals surface area contributed by atoms with Gasteiger partial charge >= 0.3 is 0 Å².